The fourth-order valence-electron chi connectivity index (χ4n) is 1.55. The Hall–Kier alpha value is -1.53. The van der Waals surface area contributed by atoms with Crippen molar-refractivity contribution in [3.05, 3.63) is 40.2 Å². The number of nitrogens with one attached hydrogen (secondary N) is 1. The summed E-state index contributed by atoms with van der Waals surface area (Å²) in [5.41, 5.74) is 1.19. The summed E-state index contributed by atoms with van der Waals surface area (Å²) < 4.78 is 13.8. The van der Waals surface area contributed by atoms with E-state index in [4.69, 9.17) is 0 Å². The van der Waals surface area contributed by atoms with Crippen molar-refractivity contribution in [1.29, 1.82) is 0 Å². The molecule has 18 heavy (non-hydrogen) atoms. The van der Waals surface area contributed by atoms with Crippen LogP contribution < -0.4 is 5.32 Å². The molecule has 0 fully saturated rings. The normalized spacial score (nSPS) is 12.4. The number of anilines is 1. The van der Waals surface area contributed by atoms with Gasteiger partial charge in [-0.25, -0.2) is 14.4 Å². The number of aryl methyl sites for hydroxylation is 1. The van der Waals surface area contributed by atoms with Gasteiger partial charge in [0.2, 0.25) is 0 Å². The van der Waals surface area contributed by atoms with Crippen molar-refractivity contribution in [2.75, 3.05) is 11.9 Å². The molecule has 0 amide bonds. The number of hydrogen-bond acceptors (Lipinski definition) is 5. The zero-order valence-corrected chi connectivity index (χ0v) is 10.7. The first-order valence-electron chi connectivity index (χ1n) is 5.65. The van der Waals surface area contributed by atoms with E-state index in [-0.39, 0.29) is 12.4 Å². The topological polar surface area (TPSA) is 58.0 Å². The third kappa shape index (κ3) is 2.83. The fraction of sp³-hybridized carbons (Fsp3) is 0.333. The Kier molecular flexibility index (Phi) is 4.22. The maximum absolute atomic E-state index is 13.8. The van der Waals surface area contributed by atoms with Crippen molar-refractivity contribution in [2.45, 2.75) is 19.4 Å². The summed E-state index contributed by atoms with van der Waals surface area (Å²) in [6.07, 6.45) is 1.16. The highest BCUT2D eigenvalue weighted by atomic mass is 32.1. The first-order valence-corrected chi connectivity index (χ1v) is 6.60. The van der Waals surface area contributed by atoms with E-state index >= 15 is 0 Å². The molecule has 2 aromatic rings. The van der Waals surface area contributed by atoms with Crippen LogP contribution >= 0.6 is 11.3 Å². The Labute approximate surface area is 109 Å². The molecule has 2 N–H and O–H groups in total. The standard InChI is InChI=1S/C12H14FN3OS/c1-2-9-11(13)12(16-7-15-9)14-5-10(17)8-3-4-18-6-8/h3-4,6-7,10,17H,2,5H2,1H3,(H,14,15,16). The maximum Gasteiger partial charge on any atom is 0.186 e. The average molecular weight is 267 g/mol. The van der Waals surface area contributed by atoms with Gasteiger partial charge in [0.1, 0.15) is 6.33 Å². The summed E-state index contributed by atoms with van der Waals surface area (Å²) in [5, 5.41) is 16.4. The van der Waals surface area contributed by atoms with Crippen LogP contribution in [0.3, 0.4) is 0 Å². The lowest BCUT2D eigenvalue weighted by Gasteiger charge is -2.12. The fourth-order valence-corrected chi connectivity index (χ4v) is 2.26. The lowest BCUT2D eigenvalue weighted by atomic mass is 10.2. The molecule has 2 aromatic heterocycles. The van der Waals surface area contributed by atoms with Gasteiger partial charge in [-0.3, -0.25) is 0 Å². The summed E-state index contributed by atoms with van der Waals surface area (Å²) in [7, 11) is 0. The van der Waals surface area contributed by atoms with Crippen molar-refractivity contribution in [3.63, 3.8) is 0 Å². The highest BCUT2D eigenvalue weighted by Crippen LogP contribution is 2.18. The summed E-state index contributed by atoms with van der Waals surface area (Å²) in [6, 6.07) is 1.84. The van der Waals surface area contributed by atoms with Gasteiger partial charge in [0.05, 0.1) is 11.8 Å². The highest BCUT2D eigenvalue weighted by molar-refractivity contribution is 7.07. The van der Waals surface area contributed by atoms with Crippen LogP contribution in [0.4, 0.5) is 10.2 Å². The molecule has 2 rings (SSSR count). The second-order valence-electron chi connectivity index (χ2n) is 3.79. The van der Waals surface area contributed by atoms with Gasteiger partial charge in [-0.15, -0.1) is 0 Å². The molecule has 0 bridgehead atoms. The number of aliphatic hydroxyl groups excluding tert-OH is 1. The third-order valence-electron chi connectivity index (χ3n) is 2.59. The molecule has 2 heterocycles. The lowest BCUT2D eigenvalue weighted by molar-refractivity contribution is 0.192. The molecule has 4 nitrogen and oxygen atoms in total. The molecule has 0 aliphatic carbocycles. The van der Waals surface area contributed by atoms with Gasteiger partial charge in [0.25, 0.3) is 0 Å². The van der Waals surface area contributed by atoms with Gasteiger partial charge in [-0.1, -0.05) is 6.92 Å². The average Bonchev–Trinajstić information content (AvgIpc) is 2.91. The maximum atomic E-state index is 13.8. The molecule has 0 saturated carbocycles. The number of halogens is 1. The van der Waals surface area contributed by atoms with Crippen LogP contribution in [0.25, 0.3) is 0 Å². The third-order valence-corrected chi connectivity index (χ3v) is 3.29. The largest absolute Gasteiger partial charge is 0.387 e. The van der Waals surface area contributed by atoms with E-state index in [1.807, 2.05) is 23.8 Å². The molecule has 1 atom stereocenters. The molecule has 6 heteroatoms. The Morgan fingerprint density at radius 3 is 3.00 bits per heavy atom. The van der Waals surface area contributed by atoms with Crippen molar-refractivity contribution in [2.24, 2.45) is 0 Å². The number of aromatic nitrogens is 2. The van der Waals surface area contributed by atoms with E-state index in [0.29, 0.717) is 12.1 Å². The number of aliphatic hydroxyl groups is 1. The summed E-state index contributed by atoms with van der Waals surface area (Å²) in [4.78, 5) is 7.68. The van der Waals surface area contributed by atoms with Gasteiger partial charge in [0.15, 0.2) is 11.6 Å². The molecule has 0 radical (unpaired) electrons. The highest BCUT2D eigenvalue weighted by Gasteiger charge is 2.12. The first-order chi connectivity index (χ1) is 8.72. The van der Waals surface area contributed by atoms with Crippen molar-refractivity contribution < 1.29 is 9.50 Å². The smallest absolute Gasteiger partial charge is 0.186 e. The quantitative estimate of drug-likeness (QED) is 0.873. The minimum atomic E-state index is -0.671. The first kappa shape index (κ1) is 12.9. The SMILES string of the molecule is CCc1ncnc(NCC(O)c2ccsc2)c1F. The number of rotatable bonds is 5. The van der Waals surface area contributed by atoms with Crippen LogP contribution in [0.2, 0.25) is 0 Å². The van der Waals surface area contributed by atoms with E-state index in [0.717, 1.165) is 5.56 Å². The van der Waals surface area contributed by atoms with Gasteiger partial charge in [0, 0.05) is 6.54 Å². The van der Waals surface area contributed by atoms with Crippen molar-refractivity contribution in [1.82, 2.24) is 9.97 Å². The minimum absolute atomic E-state index is 0.135. The summed E-state index contributed by atoms with van der Waals surface area (Å²) >= 11 is 1.51. The van der Waals surface area contributed by atoms with E-state index in [9.17, 15) is 9.50 Å². The predicted molar refractivity (Wildman–Crippen MR) is 69.1 cm³/mol. The van der Waals surface area contributed by atoms with Crippen LogP contribution in [-0.4, -0.2) is 21.6 Å². The Balaban J connectivity index is 2.02. The Morgan fingerprint density at radius 2 is 2.33 bits per heavy atom. The van der Waals surface area contributed by atoms with Crippen LogP contribution in [0.5, 0.6) is 0 Å². The van der Waals surface area contributed by atoms with E-state index in [2.05, 4.69) is 15.3 Å². The second-order valence-corrected chi connectivity index (χ2v) is 4.57. The molecular weight excluding hydrogens is 253 g/mol. The summed E-state index contributed by atoms with van der Waals surface area (Å²) in [6.45, 7) is 2.04. The number of nitrogens with zero attached hydrogens (tertiary/aromatic N) is 2. The molecule has 0 spiro atoms. The lowest BCUT2D eigenvalue weighted by Crippen LogP contribution is -2.14. The molecule has 0 aliphatic rings. The number of hydrogen-bond donors (Lipinski definition) is 2. The molecule has 96 valence electrons. The molecule has 1 unspecified atom stereocenters. The van der Waals surface area contributed by atoms with Gasteiger partial charge in [-0.05, 0) is 28.8 Å². The van der Waals surface area contributed by atoms with Gasteiger partial charge >= 0.3 is 0 Å². The number of thiophene rings is 1. The van der Waals surface area contributed by atoms with Crippen LogP contribution in [0.15, 0.2) is 23.2 Å². The van der Waals surface area contributed by atoms with Crippen LogP contribution in [-0.2, 0) is 6.42 Å². The Morgan fingerprint density at radius 1 is 1.50 bits per heavy atom. The van der Waals surface area contributed by atoms with Crippen molar-refractivity contribution in [3.8, 4) is 0 Å². The molecule has 0 aromatic carbocycles. The molecule has 0 saturated heterocycles. The van der Waals surface area contributed by atoms with E-state index in [1.54, 1.807) is 0 Å². The monoisotopic (exact) mass is 267 g/mol. The van der Waals surface area contributed by atoms with E-state index < -0.39 is 11.9 Å². The van der Waals surface area contributed by atoms with E-state index in [1.165, 1.54) is 17.7 Å². The van der Waals surface area contributed by atoms with Gasteiger partial charge < -0.3 is 10.4 Å². The van der Waals surface area contributed by atoms with Crippen LogP contribution in [0, 0.1) is 5.82 Å². The van der Waals surface area contributed by atoms with Crippen LogP contribution in [0.1, 0.15) is 24.3 Å². The zero-order chi connectivity index (χ0) is 13.0. The summed E-state index contributed by atoms with van der Waals surface area (Å²) in [5.74, 6) is -0.311. The van der Waals surface area contributed by atoms with Gasteiger partial charge in [-0.2, -0.15) is 11.3 Å². The van der Waals surface area contributed by atoms with Crippen molar-refractivity contribution >= 4 is 17.2 Å². The molecule has 0 aliphatic heterocycles. The predicted octanol–water partition coefficient (Wildman–Crippen LogP) is 2.39. The zero-order valence-electron chi connectivity index (χ0n) is 9.93. The second kappa shape index (κ2) is 5.88. The Bertz CT molecular complexity index is 504. The molecular formula is C12H14FN3OS. The minimum Gasteiger partial charge on any atom is -0.387 e.